The molecule has 1 amide bonds. The van der Waals surface area contributed by atoms with E-state index in [1.54, 1.807) is 37.4 Å². The predicted octanol–water partition coefficient (Wildman–Crippen LogP) is 2.55. The lowest BCUT2D eigenvalue weighted by molar-refractivity contribution is 0.0950. The Balaban J connectivity index is 1.69. The van der Waals surface area contributed by atoms with E-state index in [-0.39, 0.29) is 11.4 Å². The number of hydrogen-bond acceptors (Lipinski definition) is 5. The number of amides is 1. The maximum Gasteiger partial charge on any atom is 0.289 e. The largest absolute Gasteiger partial charge is 0.507 e. The Labute approximate surface area is 144 Å². The molecule has 0 radical (unpaired) electrons. The predicted molar refractivity (Wildman–Crippen MR) is 93.7 cm³/mol. The molecule has 7 heteroatoms. The molecule has 0 aliphatic rings. The topological polar surface area (TPSA) is 99.6 Å². The van der Waals surface area contributed by atoms with Gasteiger partial charge in [-0.2, -0.15) is 10.2 Å². The molecule has 0 bridgehead atoms. The van der Waals surface area contributed by atoms with Crippen LogP contribution in [0, 0.1) is 0 Å². The zero-order valence-electron chi connectivity index (χ0n) is 13.4. The van der Waals surface area contributed by atoms with Gasteiger partial charge in [-0.05, 0) is 30.3 Å². The number of carbonyl (C=O) groups is 1. The third-order valence-electron chi connectivity index (χ3n) is 3.49. The molecule has 2 aromatic carbocycles. The van der Waals surface area contributed by atoms with Crippen molar-refractivity contribution < 1.29 is 14.6 Å². The molecule has 0 spiro atoms. The lowest BCUT2D eigenvalue weighted by Crippen LogP contribution is -2.18. The first kappa shape index (κ1) is 16.3. The summed E-state index contributed by atoms with van der Waals surface area (Å²) in [6, 6.07) is 15.7. The standard InChI is InChI=1S/C18H16N4O3/c1-25-14-7-4-6-12(9-14)15-10-16(21-20-15)18(24)22-19-11-13-5-2-3-8-17(13)23/h2-11,23H,1H3,(H,20,21)(H,22,24)/b19-11-. The van der Waals surface area contributed by atoms with Gasteiger partial charge in [0, 0.05) is 11.1 Å². The number of aromatic hydroxyl groups is 1. The average molecular weight is 336 g/mol. The van der Waals surface area contributed by atoms with Crippen molar-refractivity contribution in [2.75, 3.05) is 7.11 Å². The highest BCUT2D eigenvalue weighted by molar-refractivity contribution is 5.94. The van der Waals surface area contributed by atoms with Gasteiger partial charge in [-0.15, -0.1) is 0 Å². The van der Waals surface area contributed by atoms with Crippen LogP contribution in [0.2, 0.25) is 0 Å². The summed E-state index contributed by atoms with van der Waals surface area (Å²) in [5.41, 5.74) is 4.61. The molecule has 1 heterocycles. The Morgan fingerprint density at radius 2 is 2.08 bits per heavy atom. The summed E-state index contributed by atoms with van der Waals surface area (Å²) in [5.74, 6) is 0.356. The molecular formula is C18H16N4O3. The molecule has 0 saturated carbocycles. The van der Waals surface area contributed by atoms with E-state index >= 15 is 0 Å². The monoisotopic (exact) mass is 336 g/mol. The van der Waals surface area contributed by atoms with E-state index in [0.717, 1.165) is 5.56 Å². The normalized spacial score (nSPS) is 10.8. The van der Waals surface area contributed by atoms with Crippen LogP contribution in [-0.2, 0) is 0 Å². The number of ether oxygens (including phenoxy) is 1. The van der Waals surface area contributed by atoms with Gasteiger partial charge in [0.05, 0.1) is 19.0 Å². The zero-order chi connectivity index (χ0) is 17.6. The maximum absolute atomic E-state index is 12.1. The van der Waals surface area contributed by atoms with Crippen LogP contribution in [-0.4, -0.2) is 34.5 Å². The number of methoxy groups -OCH3 is 1. The average Bonchev–Trinajstić information content (AvgIpc) is 3.13. The Morgan fingerprint density at radius 1 is 1.24 bits per heavy atom. The van der Waals surface area contributed by atoms with Gasteiger partial charge < -0.3 is 9.84 Å². The molecule has 0 aliphatic heterocycles. The SMILES string of the molecule is COc1cccc(-c2cc(C(=O)N/N=C\c3ccccc3O)[nH]n2)c1. The van der Waals surface area contributed by atoms with E-state index < -0.39 is 5.91 Å². The number of aromatic nitrogens is 2. The van der Waals surface area contributed by atoms with Gasteiger partial charge in [-0.3, -0.25) is 9.89 Å². The minimum atomic E-state index is -0.437. The van der Waals surface area contributed by atoms with E-state index in [2.05, 4.69) is 20.7 Å². The van der Waals surface area contributed by atoms with Gasteiger partial charge in [-0.25, -0.2) is 5.43 Å². The van der Waals surface area contributed by atoms with Crippen molar-refractivity contribution >= 4 is 12.1 Å². The molecule has 0 aliphatic carbocycles. The number of nitrogens with one attached hydrogen (secondary N) is 2. The van der Waals surface area contributed by atoms with Crippen molar-refractivity contribution in [2.45, 2.75) is 0 Å². The minimum absolute atomic E-state index is 0.0855. The van der Waals surface area contributed by atoms with E-state index in [0.29, 0.717) is 17.0 Å². The second-order valence-corrected chi connectivity index (χ2v) is 5.16. The number of phenols is 1. The van der Waals surface area contributed by atoms with Crippen LogP contribution in [0.3, 0.4) is 0 Å². The van der Waals surface area contributed by atoms with Crippen molar-refractivity contribution in [3.63, 3.8) is 0 Å². The number of nitrogens with zero attached hydrogens (tertiary/aromatic N) is 2. The fraction of sp³-hybridized carbons (Fsp3) is 0.0556. The number of aromatic amines is 1. The minimum Gasteiger partial charge on any atom is -0.507 e. The lowest BCUT2D eigenvalue weighted by atomic mass is 10.1. The molecule has 0 atom stereocenters. The molecule has 0 unspecified atom stereocenters. The van der Waals surface area contributed by atoms with Crippen LogP contribution in [0.5, 0.6) is 11.5 Å². The Bertz CT molecular complexity index is 918. The fourth-order valence-electron chi connectivity index (χ4n) is 2.19. The smallest absolute Gasteiger partial charge is 0.289 e. The third-order valence-corrected chi connectivity index (χ3v) is 3.49. The number of para-hydroxylation sites is 1. The number of benzene rings is 2. The first-order valence-electron chi connectivity index (χ1n) is 7.48. The fourth-order valence-corrected chi connectivity index (χ4v) is 2.19. The zero-order valence-corrected chi connectivity index (χ0v) is 13.4. The van der Waals surface area contributed by atoms with Crippen molar-refractivity contribution in [1.29, 1.82) is 0 Å². The van der Waals surface area contributed by atoms with E-state index in [1.165, 1.54) is 6.21 Å². The highest BCUT2D eigenvalue weighted by Gasteiger charge is 2.11. The quantitative estimate of drug-likeness (QED) is 0.492. The summed E-state index contributed by atoms with van der Waals surface area (Å²) < 4.78 is 5.18. The molecule has 126 valence electrons. The number of phenolic OH excluding ortho intramolecular Hbond substituents is 1. The summed E-state index contributed by atoms with van der Waals surface area (Å²) >= 11 is 0. The van der Waals surface area contributed by atoms with Gasteiger partial charge in [0.1, 0.15) is 17.2 Å². The number of hydrazone groups is 1. The highest BCUT2D eigenvalue weighted by Crippen LogP contribution is 2.22. The molecular weight excluding hydrogens is 320 g/mol. The molecule has 3 N–H and O–H groups in total. The van der Waals surface area contributed by atoms with Gasteiger partial charge in [-0.1, -0.05) is 24.3 Å². The summed E-state index contributed by atoms with van der Waals surface area (Å²) in [7, 11) is 1.59. The number of rotatable bonds is 5. The summed E-state index contributed by atoms with van der Waals surface area (Å²) in [4.78, 5) is 12.1. The lowest BCUT2D eigenvalue weighted by Gasteiger charge is -2.01. The van der Waals surface area contributed by atoms with Crippen LogP contribution in [0.25, 0.3) is 11.3 Å². The summed E-state index contributed by atoms with van der Waals surface area (Å²) in [6.07, 6.45) is 1.37. The molecule has 7 nitrogen and oxygen atoms in total. The van der Waals surface area contributed by atoms with Gasteiger partial charge in [0.15, 0.2) is 0 Å². The van der Waals surface area contributed by atoms with Crippen LogP contribution in [0.1, 0.15) is 16.1 Å². The number of H-pyrrole nitrogens is 1. The van der Waals surface area contributed by atoms with Gasteiger partial charge >= 0.3 is 0 Å². The van der Waals surface area contributed by atoms with Crippen molar-refractivity contribution in [3.8, 4) is 22.8 Å². The first-order valence-corrected chi connectivity index (χ1v) is 7.48. The molecule has 3 aromatic rings. The van der Waals surface area contributed by atoms with Crippen molar-refractivity contribution in [2.24, 2.45) is 5.10 Å². The molecule has 0 fully saturated rings. The highest BCUT2D eigenvalue weighted by atomic mass is 16.5. The van der Waals surface area contributed by atoms with E-state index in [9.17, 15) is 9.90 Å². The third kappa shape index (κ3) is 3.84. The molecule has 25 heavy (non-hydrogen) atoms. The van der Waals surface area contributed by atoms with Crippen LogP contribution >= 0.6 is 0 Å². The van der Waals surface area contributed by atoms with Gasteiger partial charge in [0.2, 0.25) is 0 Å². The van der Waals surface area contributed by atoms with Crippen LogP contribution in [0.15, 0.2) is 59.7 Å². The molecule has 0 saturated heterocycles. The second kappa shape index (κ2) is 7.31. The first-order chi connectivity index (χ1) is 12.2. The Morgan fingerprint density at radius 3 is 2.88 bits per heavy atom. The van der Waals surface area contributed by atoms with Gasteiger partial charge in [0.25, 0.3) is 5.91 Å². The molecule has 1 aromatic heterocycles. The van der Waals surface area contributed by atoms with Crippen molar-refractivity contribution in [3.05, 3.63) is 65.9 Å². The summed E-state index contributed by atoms with van der Waals surface area (Å²) in [5, 5.41) is 20.3. The van der Waals surface area contributed by atoms with Crippen LogP contribution in [0.4, 0.5) is 0 Å². The molecule has 3 rings (SSSR count). The number of hydrogen-bond donors (Lipinski definition) is 3. The van der Waals surface area contributed by atoms with E-state index in [1.807, 2.05) is 24.3 Å². The summed E-state index contributed by atoms with van der Waals surface area (Å²) in [6.45, 7) is 0. The second-order valence-electron chi connectivity index (χ2n) is 5.16. The number of carbonyl (C=O) groups excluding carboxylic acids is 1. The Hall–Kier alpha value is -3.61. The van der Waals surface area contributed by atoms with Crippen LogP contribution < -0.4 is 10.2 Å². The Kier molecular flexibility index (Phi) is 4.75. The van der Waals surface area contributed by atoms with Crippen molar-refractivity contribution in [1.82, 2.24) is 15.6 Å². The maximum atomic E-state index is 12.1. The van der Waals surface area contributed by atoms with E-state index in [4.69, 9.17) is 4.74 Å².